The van der Waals surface area contributed by atoms with Gasteiger partial charge in [0, 0.05) is 18.1 Å². The van der Waals surface area contributed by atoms with Crippen LogP contribution in [0.15, 0.2) is 48.8 Å². The summed E-state index contributed by atoms with van der Waals surface area (Å²) in [5.74, 6) is 0.356. The Balaban J connectivity index is 1.78. The van der Waals surface area contributed by atoms with Crippen molar-refractivity contribution >= 4 is 23.4 Å². The van der Waals surface area contributed by atoms with Crippen molar-refractivity contribution in [2.24, 2.45) is 0 Å². The van der Waals surface area contributed by atoms with E-state index in [4.69, 9.17) is 0 Å². The topological polar surface area (TPSA) is 42.0 Å². The Kier molecular flexibility index (Phi) is 4.92. The van der Waals surface area contributed by atoms with Crippen LogP contribution in [0, 0.1) is 5.82 Å². The van der Waals surface area contributed by atoms with Crippen LogP contribution in [0.3, 0.4) is 0 Å². The van der Waals surface area contributed by atoms with Crippen molar-refractivity contribution in [1.82, 2.24) is 4.98 Å². The van der Waals surface area contributed by atoms with Crippen LogP contribution >= 0.6 is 11.8 Å². The maximum atomic E-state index is 13.3. The largest absolute Gasteiger partial charge is 0.323 e. The summed E-state index contributed by atoms with van der Waals surface area (Å²) in [6, 6.07) is 9.94. The zero-order chi connectivity index (χ0) is 13.5. The number of carbonyl (C=O) groups excluding carboxylic acids is 1. The van der Waals surface area contributed by atoms with E-state index in [9.17, 15) is 9.18 Å². The fraction of sp³-hybridized carbons (Fsp3) is 0.143. The molecule has 0 spiro atoms. The van der Waals surface area contributed by atoms with Crippen molar-refractivity contribution in [2.45, 2.75) is 5.75 Å². The molecular formula is C14H13FN2OS. The molecule has 0 unspecified atom stereocenters. The number of nitrogens with one attached hydrogen (secondary N) is 1. The molecule has 1 aromatic heterocycles. The summed E-state index contributed by atoms with van der Waals surface area (Å²) in [7, 11) is 0. The molecule has 0 fully saturated rings. The van der Waals surface area contributed by atoms with E-state index in [0.717, 1.165) is 5.56 Å². The van der Waals surface area contributed by atoms with Gasteiger partial charge in [-0.3, -0.25) is 9.78 Å². The van der Waals surface area contributed by atoms with E-state index in [2.05, 4.69) is 10.3 Å². The van der Waals surface area contributed by atoms with E-state index >= 15 is 0 Å². The number of nitrogens with zero attached hydrogens (tertiary/aromatic N) is 1. The molecule has 0 aliphatic heterocycles. The zero-order valence-electron chi connectivity index (χ0n) is 10.2. The molecule has 1 heterocycles. The molecule has 5 heteroatoms. The fourth-order valence-corrected chi connectivity index (χ4v) is 2.26. The standard InChI is InChI=1S/C14H13FN2OS/c15-12-5-1-2-6-13(12)17-14(18)10-19-9-11-4-3-7-16-8-11/h1-8H,9-10H2,(H,17,18). The first-order valence-electron chi connectivity index (χ1n) is 5.77. The molecule has 2 aromatic rings. The van der Waals surface area contributed by atoms with Crippen LogP contribution in [0.2, 0.25) is 0 Å². The van der Waals surface area contributed by atoms with Gasteiger partial charge in [0.1, 0.15) is 5.82 Å². The van der Waals surface area contributed by atoms with Crippen molar-refractivity contribution in [1.29, 1.82) is 0 Å². The van der Waals surface area contributed by atoms with Crippen molar-refractivity contribution in [3.8, 4) is 0 Å². The second kappa shape index (κ2) is 6.89. The molecule has 1 amide bonds. The highest BCUT2D eigenvalue weighted by molar-refractivity contribution is 7.99. The average Bonchev–Trinajstić information content (AvgIpc) is 2.43. The number of benzene rings is 1. The van der Waals surface area contributed by atoms with Gasteiger partial charge in [-0.25, -0.2) is 4.39 Å². The Hall–Kier alpha value is -1.88. The van der Waals surface area contributed by atoms with E-state index in [0.29, 0.717) is 5.75 Å². The Labute approximate surface area is 115 Å². The van der Waals surface area contributed by atoms with Crippen molar-refractivity contribution in [2.75, 3.05) is 11.1 Å². The molecule has 0 saturated carbocycles. The predicted octanol–water partition coefficient (Wildman–Crippen LogP) is 3.09. The van der Waals surface area contributed by atoms with Gasteiger partial charge in [0.25, 0.3) is 0 Å². The van der Waals surface area contributed by atoms with Gasteiger partial charge in [0.05, 0.1) is 11.4 Å². The van der Waals surface area contributed by atoms with Gasteiger partial charge in [0.2, 0.25) is 5.91 Å². The average molecular weight is 276 g/mol. The van der Waals surface area contributed by atoms with Crippen LogP contribution in [0.4, 0.5) is 10.1 Å². The lowest BCUT2D eigenvalue weighted by atomic mass is 10.3. The van der Waals surface area contributed by atoms with Crippen molar-refractivity contribution < 1.29 is 9.18 Å². The lowest BCUT2D eigenvalue weighted by Gasteiger charge is -2.06. The summed E-state index contributed by atoms with van der Waals surface area (Å²) in [6.45, 7) is 0. The van der Waals surface area contributed by atoms with E-state index in [1.807, 2.05) is 12.1 Å². The van der Waals surface area contributed by atoms with Gasteiger partial charge in [-0.1, -0.05) is 18.2 Å². The van der Waals surface area contributed by atoms with Crippen LogP contribution in [0.25, 0.3) is 0 Å². The van der Waals surface area contributed by atoms with E-state index < -0.39 is 5.82 Å². The van der Waals surface area contributed by atoms with Gasteiger partial charge in [-0.2, -0.15) is 0 Å². The first-order valence-corrected chi connectivity index (χ1v) is 6.92. The molecule has 1 N–H and O–H groups in total. The molecule has 3 nitrogen and oxygen atoms in total. The third-order valence-electron chi connectivity index (χ3n) is 2.37. The van der Waals surface area contributed by atoms with Gasteiger partial charge in [0.15, 0.2) is 0 Å². The van der Waals surface area contributed by atoms with Gasteiger partial charge < -0.3 is 5.32 Å². The number of thioether (sulfide) groups is 1. The fourth-order valence-electron chi connectivity index (χ4n) is 1.49. The second-order valence-corrected chi connectivity index (χ2v) is 4.87. The smallest absolute Gasteiger partial charge is 0.234 e. The number of halogens is 1. The van der Waals surface area contributed by atoms with E-state index in [-0.39, 0.29) is 17.3 Å². The summed E-state index contributed by atoms with van der Waals surface area (Å²) >= 11 is 1.47. The first-order chi connectivity index (χ1) is 9.25. The zero-order valence-corrected chi connectivity index (χ0v) is 11.0. The number of aromatic nitrogens is 1. The molecule has 0 bridgehead atoms. The Morgan fingerprint density at radius 2 is 2.11 bits per heavy atom. The van der Waals surface area contributed by atoms with Crippen molar-refractivity contribution in [3.63, 3.8) is 0 Å². The second-order valence-electron chi connectivity index (χ2n) is 3.88. The highest BCUT2D eigenvalue weighted by atomic mass is 32.2. The number of pyridine rings is 1. The quantitative estimate of drug-likeness (QED) is 0.912. The molecule has 19 heavy (non-hydrogen) atoms. The summed E-state index contributed by atoms with van der Waals surface area (Å²) in [6.07, 6.45) is 3.47. The van der Waals surface area contributed by atoms with Crippen molar-refractivity contribution in [3.05, 3.63) is 60.2 Å². The van der Waals surface area contributed by atoms with Crippen LogP contribution in [-0.2, 0) is 10.5 Å². The monoisotopic (exact) mass is 276 g/mol. The molecular weight excluding hydrogens is 263 g/mol. The third kappa shape index (κ3) is 4.37. The first kappa shape index (κ1) is 13.5. The van der Waals surface area contributed by atoms with E-state index in [1.54, 1.807) is 30.6 Å². The number of hydrogen-bond donors (Lipinski definition) is 1. The highest BCUT2D eigenvalue weighted by Crippen LogP contribution is 2.14. The molecule has 0 aliphatic carbocycles. The molecule has 98 valence electrons. The number of carbonyl (C=O) groups is 1. The maximum absolute atomic E-state index is 13.3. The SMILES string of the molecule is O=C(CSCc1cccnc1)Nc1ccccc1F. The lowest BCUT2D eigenvalue weighted by molar-refractivity contribution is -0.113. The van der Waals surface area contributed by atoms with Gasteiger partial charge in [-0.15, -0.1) is 11.8 Å². The van der Waals surface area contributed by atoms with Gasteiger partial charge in [-0.05, 0) is 23.8 Å². The normalized spacial score (nSPS) is 10.2. The third-order valence-corrected chi connectivity index (χ3v) is 3.38. The highest BCUT2D eigenvalue weighted by Gasteiger charge is 2.06. The molecule has 2 rings (SSSR count). The van der Waals surface area contributed by atoms with E-state index in [1.165, 1.54) is 17.8 Å². The molecule has 0 saturated heterocycles. The number of amides is 1. The Bertz CT molecular complexity index is 548. The Morgan fingerprint density at radius 3 is 2.84 bits per heavy atom. The minimum atomic E-state index is -0.423. The van der Waals surface area contributed by atoms with Crippen LogP contribution < -0.4 is 5.32 Å². The number of para-hydroxylation sites is 1. The summed E-state index contributed by atoms with van der Waals surface area (Å²) < 4.78 is 13.3. The summed E-state index contributed by atoms with van der Waals surface area (Å²) in [5.41, 5.74) is 1.28. The number of rotatable bonds is 5. The summed E-state index contributed by atoms with van der Waals surface area (Å²) in [5, 5.41) is 2.55. The minimum absolute atomic E-state index is 0.209. The Morgan fingerprint density at radius 1 is 1.26 bits per heavy atom. The predicted molar refractivity (Wildman–Crippen MR) is 75.4 cm³/mol. The molecule has 0 atom stereocenters. The summed E-state index contributed by atoms with van der Waals surface area (Å²) in [4.78, 5) is 15.6. The van der Waals surface area contributed by atoms with Crippen LogP contribution in [-0.4, -0.2) is 16.6 Å². The molecule has 0 aliphatic rings. The van der Waals surface area contributed by atoms with Gasteiger partial charge >= 0.3 is 0 Å². The number of anilines is 1. The lowest BCUT2D eigenvalue weighted by Crippen LogP contribution is -2.15. The maximum Gasteiger partial charge on any atom is 0.234 e. The molecule has 0 radical (unpaired) electrons. The molecule has 1 aromatic carbocycles. The minimum Gasteiger partial charge on any atom is -0.323 e. The van der Waals surface area contributed by atoms with Crippen LogP contribution in [0.1, 0.15) is 5.56 Å². The van der Waals surface area contributed by atoms with Crippen LogP contribution in [0.5, 0.6) is 0 Å². The number of hydrogen-bond acceptors (Lipinski definition) is 3.